The number of Topliss-reactive ketones (excluding diaryl/α,β-unsaturated/α-hetero) is 1. The summed E-state index contributed by atoms with van der Waals surface area (Å²) in [5.41, 5.74) is 2.63. The van der Waals surface area contributed by atoms with E-state index in [1.807, 2.05) is 43.3 Å². The molecule has 146 valence electrons. The number of aryl methyl sites for hydroxylation is 1. The average Bonchev–Trinajstić information content (AvgIpc) is 3.21. The number of aromatic nitrogens is 4. The van der Waals surface area contributed by atoms with Gasteiger partial charge in [0, 0.05) is 10.0 Å². The van der Waals surface area contributed by atoms with Gasteiger partial charge in [-0.1, -0.05) is 64.9 Å². The van der Waals surface area contributed by atoms with E-state index in [2.05, 4.69) is 31.1 Å². The van der Waals surface area contributed by atoms with Crippen LogP contribution in [0.3, 0.4) is 0 Å². The van der Waals surface area contributed by atoms with Crippen LogP contribution >= 0.6 is 27.7 Å². The summed E-state index contributed by atoms with van der Waals surface area (Å²) < 4.78 is 2.49. The highest BCUT2D eigenvalue weighted by molar-refractivity contribution is 9.10. The van der Waals surface area contributed by atoms with Gasteiger partial charge in [-0.2, -0.15) is 5.10 Å². The first-order valence-electron chi connectivity index (χ1n) is 9.04. The molecule has 4 aromatic rings. The van der Waals surface area contributed by atoms with Gasteiger partial charge in [-0.15, -0.1) is 0 Å². The second-order valence-electron chi connectivity index (χ2n) is 6.37. The van der Waals surface area contributed by atoms with Crippen LogP contribution in [0, 0.1) is 0 Å². The van der Waals surface area contributed by atoms with E-state index < -0.39 is 0 Å². The third-order valence-electron chi connectivity index (χ3n) is 4.56. The third kappa shape index (κ3) is 3.90. The number of rotatable bonds is 6. The number of para-hydroxylation sites is 1. The van der Waals surface area contributed by atoms with Crippen LogP contribution in [-0.2, 0) is 6.42 Å². The largest absolute Gasteiger partial charge is 0.293 e. The molecule has 0 bridgehead atoms. The van der Waals surface area contributed by atoms with Crippen molar-refractivity contribution in [3.8, 4) is 5.69 Å². The van der Waals surface area contributed by atoms with Crippen molar-refractivity contribution >= 4 is 44.5 Å². The summed E-state index contributed by atoms with van der Waals surface area (Å²) in [6.45, 7) is 2.04. The predicted octanol–water partition coefficient (Wildman–Crippen LogP) is 4.41. The lowest BCUT2D eigenvalue weighted by atomic mass is 10.1. The molecule has 0 atom stereocenters. The molecule has 0 saturated carbocycles. The first-order chi connectivity index (χ1) is 14.1. The highest BCUT2D eigenvalue weighted by atomic mass is 79.9. The van der Waals surface area contributed by atoms with E-state index in [0.717, 1.165) is 22.1 Å². The topological polar surface area (TPSA) is 80.6 Å². The number of H-pyrrole nitrogens is 1. The molecule has 0 unspecified atom stereocenters. The zero-order valence-electron chi connectivity index (χ0n) is 15.6. The number of thioether (sulfide) groups is 1. The van der Waals surface area contributed by atoms with E-state index in [0.29, 0.717) is 21.8 Å². The van der Waals surface area contributed by atoms with Gasteiger partial charge in [0.2, 0.25) is 0 Å². The predicted molar refractivity (Wildman–Crippen MR) is 118 cm³/mol. The number of nitrogens with one attached hydrogen (secondary N) is 1. The second-order valence-corrected chi connectivity index (χ2v) is 8.23. The molecule has 8 heteroatoms. The van der Waals surface area contributed by atoms with Crippen LogP contribution in [0.1, 0.15) is 22.8 Å². The van der Waals surface area contributed by atoms with Crippen LogP contribution in [0.4, 0.5) is 0 Å². The molecule has 0 aliphatic heterocycles. The number of benzene rings is 2. The molecule has 29 heavy (non-hydrogen) atoms. The van der Waals surface area contributed by atoms with E-state index >= 15 is 0 Å². The van der Waals surface area contributed by atoms with Crippen molar-refractivity contribution in [3.63, 3.8) is 0 Å². The number of hydrogen-bond donors (Lipinski definition) is 1. The van der Waals surface area contributed by atoms with Crippen LogP contribution in [-0.4, -0.2) is 31.3 Å². The zero-order chi connectivity index (χ0) is 20.4. The van der Waals surface area contributed by atoms with Gasteiger partial charge < -0.3 is 0 Å². The number of halogens is 1. The smallest absolute Gasteiger partial charge is 0.269 e. The minimum Gasteiger partial charge on any atom is -0.293 e. The van der Waals surface area contributed by atoms with E-state index in [1.165, 1.54) is 18.0 Å². The molecule has 6 nitrogen and oxygen atoms in total. The molecule has 1 N–H and O–H groups in total. The Hall–Kier alpha value is -2.71. The lowest BCUT2D eigenvalue weighted by Gasteiger charge is -2.14. The normalized spacial score (nSPS) is 11.1. The van der Waals surface area contributed by atoms with Crippen molar-refractivity contribution in [1.29, 1.82) is 0 Å². The van der Waals surface area contributed by atoms with Gasteiger partial charge in [-0.3, -0.25) is 19.3 Å². The van der Waals surface area contributed by atoms with Gasteiger partial charge in [0.05, 0.1) is 17.6 Å². The number of nitrogens with zero attached hydrogens (tertiary/aromatic N) is 3. The lowest BCUT2D eigenvalue weighted by molar-refractivity contribution is 0.102. The Balaban J connectivity index is 1.76. The second kappa shape index (κ2) is 8.34. The highest BCUT2D eigenvalue weighted by Crippen LogP contribution is 2.24. The number of fused-ring (bicyclic) bond motifs is 1. The summed E-state index contributed by atoms with van der Waals surface area (Å²) in [6.07, 6.45) is 2.26. The fourth-order valence-electron chi connectivity index (χ4n) is 3.06. The molecule has 0 spiro atoms. The molecule has 0 saturated heterocycles. The summed E-state index contributed by atoms with van der Waals surface area (Å²) >= 11 is 4.62. The van der Waals surface area contributed by atoms with Crippen LogP contribution in [0.5, 0.6) is 0 Å². The summed E-state index contributed by atoms with van der Waals surface area (Å²) in [7, 11) is 0. The Kier molecular flexibility index (Phi) is 5.64. The Morgan fingerprint density at radius 1 is 1.17 bits per heavy atom. The Morgan fingerprint density at radius 3 is 2.69 bits per heavy atom. The number of carbonyl (C=O) groups excluding carboxylic acids is 1. The molecule has 0 fully saturated rings. The van der Waals surface area contributed by atoms with Gasteiger partial charge in [-0.25, -0.2) is 4.98 Å². The van der Waals surface area contributed by atoms with Gasteiger partial charge in [0.25, 0.3) is 5.56 Å². The highest BCUT2D eigenvalue weighted by Gasteiger charge is 2.18. The molecule has 0 amide bonds. The van der Waals surface area contributed by atoms with Crippen molar-refractivity contribution in [2.75, 3.05) is 5.75 Å². The van der Waals surface area contributed by atoms with E-state index in [9.17, 15) is 9.59 Å². The molecule has 0 aliphatic rings. The SMILES string of the molecule is CCc1ccccc1-n1c(SCC(=O)c2ccc(Br)cc2)nc2[nH]ncc2c1=O. The van der Waals surface area contributed by atoms with Crippen molar-refractivity contribution in [2.45, 2.75) is 18.5 Å². The molecule has 0 radical (unpaired) electrons. The van der Waals surface area contributed by atoms with Gasteiger partial charge in [-0.05, 0) is 30.2 Å². The van der Waals surface area contributed by atoms with Crippen molar-refractivity contribution in [3.05, 3.63) is 80.7 Å². The van der Waals surface area contributed by atoms with E-state index in [4.69, 9.17) is 0 Å². The fraction of sp³-hybridized carbons (Fsp3) is 0.143. The van der Waals surface area contributed by atoms with Crippen LogP contribution < -0.4 is 5.56 Å². The zero-order valence-corrected chi connectivity index (χ0v) is 18.0. The lowest BCUT2D eigenvalue weighted by Crippen LogP contribution is -2.23. The molecule has 2 aromatic carbocycles. The molecular formula is C21H17BrN4O2S. The molecule has 4 rings (SSSR count). The van der Waals surface area contributed by atoms with E-state index in [1.54, 1.807) is 16.7 Å². The standard InChI is InChI=1S/C21H17BrN4O2S/c1-2-13-5-3-4-6-17(13)26-20(28)16-11-23-25-19(16)24-21(26)29-12-18(27)14-7-9-15(22)10-8-14/h3-11H,2,12H2,1H3,(H,23,25). The first kappa shape index (κ1) is 19.6. The van der Waals surface area contributed by atoms with Crippen molar-refractivity contribution < 1.29 is 4.79 Å². The molecular weight excluding hydrogens is 452 g/mol. The third-order valence-corrected chi connectivity index (χ3v) is 6.03. The minimum absolute atomic E-state index is 0.0308. The van der Waals surface area contributed by atoms with Crippen LogP contribution in [0.15, 0.2) is 69.2 Å². The monoisotopic (exact) mass is 468 g/mol. The Bertz CT molecular complexity index is 1250. The number of hydrogen-bond acceptors (Lipinski definition) is 5. The maximum Gasteiger partial charge on any atom is 0.269 e. The van der Waals surface area contributed by atoms with Gasteiger partial charge in [0.15, 0.2) is 16.6 Å². The summed E-state index contributed by atoms with van der Waals surface area (Å²) in [5, 5.41) is 7.58. The summed E-state index contributed by atoms with van der Waals surface area (Å²) in [6, 6.07) is 14.9. The van der Waals surface area contributed by atoms with E-state index in [-0.39, 0.29) is 17.1 Å². The van der Waals surface area contributed by atoms with Crippen molar-refractivity contribution in [2.24, 2.45) is 0 Å². The first-order valence-corrected chi connectivity index (χ1v) is 10.8. The van der Waals surface area contributed by atoms with Crippen molar-refractivity contribution in [1.82, 2.24) is 19.7 Å². The maximum absolute atomic E-state index is 13.2. The average molecular weight is 469 g/mol. The quantitative estimate of drug-likeness (QED) is 0.257. The fourth-order valence-corrected chi connectivity index (χ4v) is 4.22. The van der Waals surface area contributed by atoms with Gasteiger partial charge in [0.1, 0.15) is 5.39 Å². The Morgan fingerprint density at radius 2 is 1.93 bits per heavy atom. The number of carbonyl (C=O) groups is 1. The Labute approximate surface area is 179 Å². The number of aromatic amines is 1. The number of ketones is 1. The molecule has 2 aromatic heterocycles. The molecule has 2 heterocycles. The van der Waals surface area contributed by atoms with Crippen LogP contribution in [0.25, 0.3) is 16.7 Å². The minimum atomic E-state index is -0.205. The summed E-state index contributed by atoms with van der Waals surface area (Å²) in [4.78, 5) is 30.4. The maximum atomic E-state index is 13.2. The van der Waals surface area contributed by atoms with Crippen LogP contribution in [0.2, 0.25) is 0 Å². The molecule has 0 aliphatic carbocycles. The van der Waals surface area contributed by atoms with Gasteiger partial charge >= 0.3 is 0 Å². The summed E-state index contributed by atoms with van der Waals surface area (Å²) in [5.74, 6) is 0.138.